The summed E-state index contributed by atoms with van der Waals surface area (Å²) in [6.07, 6.45) is 11.9. The Hall–Kier alpha value is -0.210. The lowest BCUT2D eigenvalue weighted by molar-refractivity contribution is 0.591. The Morgan fingerprint density at radius 3 is 3.08 bits per heavy atom. The summed E-state index contributed by atoms with van der Waals surface area (Å²) in [5.74, 6) is 0.712. The first-order valence-corrected chi connectivity index (χ1v) is 6.10. The van der Waals surface area contributed by atoms with Gasteiger partial charge in [0, 0.05) is 0 Å². The van der Waals surface area contributed by atoms with Gasteiger partial charge in [-0.1, -0.05) is 18.2 Å². The van der Waals surface area contributed by atoms with Gasteiger partial charge in [-0.25, -0.2) is 0 Å². The third-order valence-electron chi connectivity index (χ3n) is 2.87. The molecular weight excluding hydrogens is 168 g/mol. The molecule has 3 atom stereocenters. The predicted molar refractivity (Wildman–Crippen MR) is 52.4 cm³/mol. The van der Waals surface area contributed by atoms with E-state index in [2.05, 4.69) is 18.2 Å². The van der Waals surface area contributed by atoms with Gasteiger partial charge in [0.15, 0.2) is 0 Å². The molecule has 0 saturated heterocycles. The summed E-state index contributed by atoms with van der Waals surface area (Å²) in [5, 5.41) is 0.361. The second-order valence-electron chi connectivity index (χ2n) is 3.59. The second kappa shape index (κ2) is 3.27. The molecule has 0 N–H and O–H groups in total. The minimum atomic E-state index is -0.661. The van der Waals surface area contributed by atoms with Crippen LogP contribution in [0.5, 0.6) is 0 Å². The third-order valence-corrected chi connectivity index (χ3v) is 4.18. The molecule has 0 aromatic rings. The first-order valence-electron chi connectivity index (χ1n) is 4.48. The van der Waals surface area contributed by atoms with Gasteiger partial charge in [-0.3, -0.25) is 0 Å². The molecule has 2 aliphatic carbocycles. The highest BCUT2D eigenvalue weighted by atomic mass is 32.2. The van der Waals surface area contributed by atoms with E-state index < -0.39 is 11.2 Å². The minimum Gasteiger partial charge on any atom is -0.616 e. The Balaban J connectivity index is 2.19. The standard InChI is InChI=1S/C10H14OS/c1-12(11)10-7-6-8-4-2-3-5-9(8)10/h2-3,5,8,10H,4,6-7H2,1H3. The Morgan fingerprint density at radius 1 is 1.50 bits per heavy atom. The number of hydrogen-bond donors (Lipinski definition) is 0. The van der Waals surface area contributed by atoms with Crippen LogP contribution in [0.3, 0.4) is 0 Å². The molecule has 0 amide bonds. The van der Waals surface area contributed by atoms with Gasteiger partial charge in [0.2, 0.25) is 0 Å². The number of fused-ring (bicyclic) bond motifs is 1. The molecule has 0 aliphatic heterocycles. The summed E-state index contributed by atoms with van der Waals surface area (Å²) in [6.45, 7) is 0. The number of allylic oxidation sites excluding steroid dienone is 3. The molecular formula is C10H14OS. The number of hydrogen-bond acceptors (Lipinski definition) is 1. The van der Waals surface area contributed by atoms with Crippen LogP contribution in [0, 0.1) is 5.92 Å². The molecule has 1 saturated carbocycles. The van der Waals surface area contributed by atoms with E-state index >= 15 is 0 Å². The van der Waals surface area contributed by atoms with E-state index in [1.165, 1.54) is 18.4 Å². The van der Waals surface area contributed by atoms with Gasteiger partial charge >= 0.3 is 0 Å². The lowest BCUT2D eigenvalue weighted by Gasteiger charge is -2.18. The van der Waals surface area contributed by atoms with Crippen LogP contribution in [0.4, 0.5) is 0 Å². The van der Waals surface area contributed by atoms with E-state index in [4.69, 9.17) is 0 Å². The lowest BCUT2D eigenvalue weighted by Crippen LogP contribution is -2.19. The first kappa shape index (κ1) is 8.39. The Labute approximate surface area is 76.7 Å². The summed E-state index contributed by atoms with van der Waals surface area (Å²) in [7, 11) is 0. The van der Waals surface area contributed by atoms with Gasteiger partial charge in [-0.15, -0.1) is 0 Å². The topological polar surface area (TPSA) is 23.1 Å². The minimum absolute atomic E-state index is 0.361. The van der Waals surface area contributed by atoms with Crippen LogP contribution in [0.2, 0.25) is 0 Å². The van der Waals surface area contributed by atoms with Gasteiger partial charge in [-0.2, -0.15) is 0 Å². The van der Waals surface area contributed by atoms with E-state index in [9.17, 15) is 4.55 Å². The fraction of sp³-hybridized carbons (Fsp3) is 0.600. The van der Waals surface area contributed by atoms with Crippen LogP contribution in [-0.4, -0.2) is 16.1 Å². The lowest BCUT2D eigenvalue weighted by atomic mass is 9.95. The van der Waals surface area contributed by atoms with Crippen LogP contribution in [0.15, 0.2) is 23.8 Å². The summed E-state index contributed by atoms with van der Waals surface area (Å²) in [4.78, 5) is 0. The smallest absolute Gasteiger partial charge is 0.137 e. The van der Waals surface area contributed by atoms with Crippen LogP contribution in [0.1, 0.15) is 19.3 Å². The molecule has 1 fully saturated rings. The molecule has 0 aromatic heterocycles. The third kappa shape index (κ3) is 1.34. The van der Waals surface area contributed by atoms with Crippen molar-refractivity contribution in [2.75, 3.05) is 6.26 Å². The molecule has 12 heavy (non-hydrogen) atoms. The Kier molecular flexibility index (Phi) is 2.28. The highest BCUT2D eigenvalue weighted by molar-refractivity contribution is 7.91. The highest BCUT2D eigenvalue weighted by Gasteiger charge is 2.35. The normalized spacial score (nSPS) is 36.0. The fourth-order valence-corrected chi connectivity index (χ4v) is 3.35. The van der Waals surface area contributed by atoms with E-state index in [0.717, 1.165) is 6.42 Å². The van der Waals surface area contributed by atoms with Gasteiger partial charge in [0.05, 0.1) is 6.26 Å². The maximum absolute atomic E-state index is 11.3. The Bertz CT molecular complexity index is 230. The van der Waals surface area contributed by atoms with E-state index in [-0.39, 0.29) is 0 Å². The maximum atomic E-state index is 11.3. The van der Waals surface area contributed by atoms with Crippen molar-refractivity contribution in [2.24, 2.45) is 5.92 Å². The zero-order valence-corrected chi connectivity index (χ0v) is 8.14. The largest absolute Gasteiger partial charge is 0.616 e. The average Bonchev–Trinajstić information content (AvgIpc) is 2.47. The molecule has 0 aromatic carbocycles. The van der Waals surface area contributed by atoms with Crippen molar-refractivity contribution >= 4 is 11.2 Å². The zero-order valence-electron chi connectivity index (χ0n) is 7.32. The van der Waals surface area contributed by atoms with Gasteiger partial charge in [0.1, 0.15) is 5.25 Å². The first-order chi connectivity index (χ1) is 5.79. The molecule has 0 radical (unpaired) electrons. The second-order valence-corrected chi connectivity index (χ2v) is 5.16. The van der Waals surface area contributed by atoms with Crippen molar-refractivity contribution in [2.45, 2.75) is 24.5 Å². The fourth-order valence-electron chi connectivity index (χ4n) is 2.23. The molecule has 2 rings (SSSR count). The van der Waals surface area contributed by atoms with Crippen molar-refractivity contribution in [3.8, 4) is 0 Å². The summed E-state index contributed by atoms with van der Waals surface area (Å²) < 4.78 is 11.3. The van der Waals surface area contributed by atoms with Crippen molar-refractivity contribution < 1.29 is 4.55 Å². The summed E-state index contributed by atoms with van der Waals surface area (Å²) in [6, 6.07) is 0. The Morgan fingerprint density at radius 2 is 2.33 bits per heavy atom. The van der Waals surface area contributed by atoms with Crippen LogP contribution >= 0.6 is 0 Å². The van der Waals surface area contributed by atoms with E-state index in [1.807, 2.05) is 6.26 Å². The number of rotatable bonds is 1. The van der Waals surface area contributed by atoms with Gasteiger partial charge in [-0.05, 0) is 41.9 Å². The van der Waals surface area contributed by atoms with Gasteiger partial charge < -0.3 is 4.55 Å². The molecule has 2 heteroatoms. The zero-order chi connectivity index (χ0) is 8.55. The van der Waals surface area contributed by atoms with E-state index in [1.54, 1.807) is 0 Å². The molecule has 2 aliphatic rings. The van der Waals surface area contributed by atoms with Crippen LogP contribution in [-0.2, 0) is 11.2 Å². The van der Waals surface area contributed by atoms with Crippen molar-refractivity contribution in [1.29, 1.82) is 0 Å². The van der Waals surface area contributed by atoms with E-state index in [0.29, 0.717) is 11.2 Å². The molecule has 0 heterocycles. The molecule has 3 unspecified atom stereocenters. The highest BCUT2D eigenvalue weighted by Crippen LogP contribution is 2.39. The van der Waals surface area contributed by atoms with Crippen LogP contribution < -0.4 is 0 Å². The molecule has 66 valence electrons. The van der Waals surface area contributed by atoms with Gasteiger partial charge in [0.25, 0.3) is 0 Å². The van der Waals surface area contributed by atoms with Crippen molar-refractivity contribution in [3.05, 3.63) is 23.8 Å². The summed E-state index contributed by atoms with van der Waals surface area (Å²) in [5.41, 5.74) is 1.44. The molecule has 0 spiro atoms. The molecule has 1 nitrogen and oxygen atoms in total. The maximum Gasteiger partial charge on any atom is 0.137 e. The SMILES string of the molecule is C[S+]([O-])C1CCC2CC=CC=C21. The quantitative estimate of drug-likeness (QED) is 0.569. The average molecular weight is 182 g/mol. The van der Waals surface area contributed by atoms with Crippen molar-refractivity contribution in [3.63, 3.8) is 0 Å². The summed E-state index contributed by atoms with van der Waals surface area (Å²) >= 11 is -0.661. The molecule has 0 bridgehead atoms. The van der Waals surface area contributed by atoms with Crippen LogP contribution in [0.25, 0.3) is 0 Å². The predicted octanol–water partition coefficient (Wildman–Crippen LogP) is 2.03. The van der Waals surface area contributed by atoms with Crippen molar-refractivity contribution in [1.82, 2.24) is 0 Å². The monoisotopic (exact) mass is 182 g/mol.